The smallest absolute Gasteiger partial charge is 0.311 e. The molecule has 0 unspecified atom stereocenters. The summed E-state index contributed by atoms with van der Waals surface area (Å²) >= 11 is 1.44. The zero-order valence-corrected chi connectivity index (χ0v) is 12.1. The summed E-state index contributed by atoms with van der Waals surface area (Å²) in [6, 6.07) is 7.66. The molecule has 5 nitrogen and oxygen atoms in total. The predicted molar refractivity (Wildman–Crippen MR) is 81.8 cm³/mol. The number of rotatable bonds is 5. The lowest BCUT2D eigenvalue weighted by atomic mass is 10.1. The lowest BCUT2D eigenvalue weighted by molar-refractivity contribution is -0.385. The van der Waals surface area contributed by atoms with Crippen LogP contribution in [0.3, 0.4) is 0 Å². The van der Waals surface area contributed by atoms with E-state index in [2.05, 4.69) is 0 Å². The third-order valence-corrected chi connectivity index (χ3v) is 4.12. The minimum atomic E-state index is -0.665. The van der Waals surface area contributed by atoms with Crippen molar-refractivity contribution in [2.75, 3.05) is 0 Å². The molecule has 0 amide bonds. The number of carbonyl (C=O) groups is 1. The molecule has 0 bridgehead atoms. The van der Waals surface area contributed by atoms with Crippen molar-refractivity contribution in [1.29, 1.82) is 0 Å². The SMILES string of the molecule is CCc1ccc(C(=O)/C=C/c2ccc(O)c([N+](=O)[O-])c2)s1. The number of nitrogens with zero attached hydrogens (tertiary/aromatic N) is 1. The highest BCUT2D eigenvalue weighted by Gasteiger charge is 2.12. The van der Waals surface area contributed by atoms with Gasteiger partial charge in [-0.25, -0.2) is 0 Å². The Morgan fingerprint density at radius 1 is 1.38 bits per heavy atom. The molecule has 1 aromatic carbocycles. The zero-order chi connectivity index (χ0) is 15.4. The van der Waals surface area contributed by atoms with Crippen molar-refractivity contribution in [3.63, 3.8) is 0 Å². The van der Waals surface area contributed by atoms with E-state index in [4.69, 9.17) is 0 Å². The Morgan fingerprint density at radius 3 is 2.76 bits per heavy atom. The number of nitro benzene ring substituents is 1. The summed E-state index contributed by atoms with van der Waals surface area (Å²) in [6.45, 7) is 2.02. The number of hydrogen-bond acceptors (Lipinski definition) is 5. The van der Waals surface area contributed by atoms with Crippen LogP contribution in [0.4, 0.5) is 5.69 Å². The summed E-state index contributed by atoms with van der Waals surface area (Å²) in [5.41, 5.74) is 0.106. The second-order valence-electron chi connectivity index (χ2n) is 4.32. The van der Waals surface area contributed by atoms with Crippen LogP contribution in [0.15, 0.2) is 36.4 Å². The molecule has 0 aliphatic heterocycles. The highest BCUT2D eigenvalue weighted by molar-refractivity contribution is 7.14. The second-order valence-corrected chi connectivity index (χ2v) is 5.49. The summed E-state index contributed by atoms with van der Waals surface area (Å²) < 4.78 is 0. The first kappa shape index (κ1) is 14.9. The van der Waals surface area contributed by atoms with Gasteiger partial charge in [-0.3, -0.25) is 14.9 Å². The van der Waals surface area contributed by atoms with Crippen LogP contribution in [0, 0.1) is 10.1 Å². The van der Waals surface area contributed by atoms with E-state index in [0.717, 1.165) is 11.3 Å². The molecule has 1 aromatic heterocycles. The van der Waals surface area contributed by atoms with Gasteiger partial charge in [-0.15, -0.1) is 11.3 Å². The average molecular weight is 303 g/mol. The van der Waals surface area contributed by atoms with E-state index >= 15 is 0 Å². The minimum Gasteiger partial charge on any atom is -0.502 e. The van der Waals surface area contributed by atoms with Crippen molar-refractivity contribution in [1.82, 2.24) is 0 Å². The topological polar surface area (TPSA) is 80.4 Å². The van der Waals surface area contributed by atoms with Gasteiger partial charge in [0.25, 0.3) is 0 Å². The number of carbonyl (C=O) groups excluding carboxylic acids is 1. The molecule has 1 N–H and O–H groups in total. The molecule has 2 aromatic rings. The molecule has 0 radical (unpaired) electrons. The van der Waals surface area contributed by atoms with E-state index in [-0.39, 0.29) is 11.5 Å². The minimum absolute atomic E-state index is 0.143. The summed E-state index contributed by atoms with van der Waals surface area (Å²) in [5, 5.41) is 20.1. The lowest BCUT2D eigenvalue weighted by Gasteiger charge is -1.97. The van der Waals surface area contributed by atoms with Crippen molar-refractivity contribution in [3.05, 3.63) is 61.8 Å². The van der Waals surface area contributed by atoms with E-state index in [1.807, 2.05) is 13.0 Å². The average Bonchev–Trinajstić information content (AvgIpc) is 2.94. The van der Waals surface area contributed by atoms with Crippen LogP contribution < -0.4 is 0 Å². The highest BCUT2D eigenvalue weighted by Crippen LogP contribution is 2.27. The maximum Gasteiger partial charge on any atom is 0.311 e. The van der Waals surface area contributed by atoms with Gasteiger partial charge in [0.15, 0.2) is 11.5 Å². The largest absolute Gasteiger partial charge is 0.502 e. The normalized spacial score (nSPS) is 10.9. The van der Waals surface area contributed by atoms with Crippen LogP contribution in [-0.4, -0.2) is 15.8 Å². The van der Waals surface area contributed by atoms with Gasteiger partial charge in [-0.2, -0.15) is 0 Å². The van der Waals surface area contributed by atoms with Crippen LogP contribution in [0.2, 0.25) is 0 Å². The second kappa shape index (κ2) is 6.32. The summed E-state index contributed by atoms with van der Waals surface area (Å²) in [7, 11) is 0. The molecule has 0 aliphatic carbocycles. The van der Waals surface area contributed by atoms with Gasteiger partial charge in [0.1, 0.15) is 0 Å². The van der Waals surface area contributed by atoms with Gasteiger partial charge in [0, 0.05) is 10.9 Å². The Bertz CT molecular complexity index is 718. The summed E-state index contributed by atoms with van der Waals surface area (Å²) in [5.74, 6) is -0.537. The molecule has 21 heavy (non-hydrogen) atoms. The molecule has 0 spiro atoms. The molecule has 0 aliphatic rings. The van der Waals surface area contributed by atoms with E-state index in [1.54, 1.807) is 6.07 Å². The number of allylic oxidation sites excluding steroid dienone is 1. The fourth-order valence-electron chi connectivity index (χ4n) is 1.74. The van der Waals surface area contributed by atoms with Crippen LogP contribution in [0.5, 0.6) is 5.75 Å². The number of thiophene rings is 1. The zero-order valence-electron chi connectivity index (χ0n) is 11.3. The Kier molecular flexibility index (Phi) is 4.49. The Labute approximate surface area is 125 Å². The first-order valence-electron chi connectivity index (χ1n) is 6.29. The first-order valence-corrected chi connectivity index (χ1v) is 7.11. The van der Waals surface area contributed by atoms with E-state index < -0.39 is 10.7 Å². The standard InChI is InChI=1S/C15H13NO4S/c1-2-11-5-8-15(21-11)14(18)7-4-10-3-6-13(17)12(9-10)16(19)20/h3-9,17H,2H2,1H3/b7-4+. The Balaban J connectivity index is 2.19. The number of aryl methyl sites for hydroxylation is 1. The van der Waals surface area contributed by atoms with E-state index in [1.165, 1.54) is 41.7 Å². The molecule has 0 saturated carbocycles. The molecule has 0 atom stereocenters. The van der Waals surface area contributed by atoms with Gasteiger partial charge in [0.05, 0.1) is 9.80 Å². The molecule has 2 rings (SSSR count). The fraction of sp³-hybridized carbons (Fsp3) is 0.133. The molecular formula is C15H13NO4S. The van der Waals surface area contributed by atoms with Gasteiger partial charge in [-0.05, 0) is 36.3 Å². The lowest BCUT2D eigenvalue weighted by Crippen LogP contribution is -1.91. The first-order chi connectivity index (χ1) is 10.0. The number of hydrogen-bond donors (Lipinski definition) is 1. The number of benzene rings is 1. The Hall–Kier alpha value is -2.47. The predicted octanol–water partition coefficient (Wildman–Crippen LogP) is 3.82. The molecule has 6 heteroatoms. The van der Waals surface area contributed by atoms with Gasteiger partial charge in [-0.1, -0.05) is 19.1 Å². The van der Waals surface area contributed by atoms with Crippen molar-refractivity contribution >= 4 is 28.9 Å². The number of phenols is 1. The maximum absolute atomic E-state index is 12.0. The van der Waals surface area contributed by atoms with Gasteiger partial charge in [0.2, 0.25) is 0 Å². The maximum atomic E-state index is 12.0. The van der Waals surface area contributed by atoms with Crippen molar-refractivity contribution < 1.29 is 14.8 Å². The molecule has 0 saturated heterocycles. The third kappa shape index (κ3) is 3.55. The number of ketones is 1. The van der Waals surface area contributed by atoms with Crippen molar-refractivity contribution in [2.45, 2.75) is 13.3 Å². The third-order valence-electron chi connectivity index (χ3n) is 2.88. The van der Waals surface area contributed by atoms with Crippen LogP contribution in [0.25, 0.3) is 6.08 Å². The van der Waals surface area contributed by atoms with Crippen LogP contribution >= 0.6 is 11.3 Å². The number of phenolic OH excluding ortho intramolecular Hbond substituents is 1. The molecular weight excluding hydrogens is 290 g/mol. The van der Waals surface area contributed by atoms with Crippen LogP contribution in [0.1, 0.15) is 27.0 Å². The molecule has 1 heterocycles. The summed E-state index contributed by atoms with van der Waals surface area (Å²) in [4.78, 5) is 23.8. The van der Waals surface area contributed by atoms with Crippen molar-refractivity contribution in [3.8, 4) is 5.75 Å². The van der Waals surface area contributed by atoms with Gasteiger partial charge >= 0.3 is 5.69 Å². The highest BCUT2D eigenvalue weighted by atomic mass is 32.1. The van der Waals surface area contributed by atoms with Crippen molar-refractivity contribution in [2.24, 2.45) is 0 Å². The monoisotopic (exact) mass is 303 g/mol. The quantitative estimate of drug-likeness (QED) is 0.394. The molecule has 0 fully saturated rings. The van der Waals surface area contributed by atoms with E-state index in [0.29, 0.717) is 10.4 Å². The Morgan fingerprint density at radius 2 is 2.14 bits per heavy atom. The van der Waals surface area contributed by atoms with Crippen LogP contribution in [-0.2, 0) is 6.42 Å². The summed E-state index contributed by atoms with van der Waals surface area (Å²) in [6.07, 6.45) is 3.76. The number of aromatic hydroxyl groups is 1. The fourth-order valence-corrected chi connectivity index (χ4v) is 2.61. The van der Waals surface area contributed by atoms with E-state index in [9.17, 15) is 20.0 Å². The molecule has 108 valence electrons. The number of nitro groups is 1. The van der Waals surface area contributed by atoms with Gasteiger partial charge < -0.3 is 5.11 Å².